The first-order chi connectivity index (χ1) is 21.7. The highest BCUT2D eigenvalue weighted by atomic mass is 35.5. The van der Waals surface area contributed by atoms with Gasteiger partial charge in [0.1, 0.15) is 5.54 Å². The Morgan fingerprint density at radius 2 is 1.58 bits per heavy atom. The maximum atomic E-state index is 14.2. The van der Waals surface area contributed by atoms with E-state index in [0.717, 1.165) is 64.0 Å². The molecule has 0 bridgehead atoms. The highest BCUT2D eigenvalue weighted by Gasteiger charge is 2.45. The van der Waals surface area contributed by atoms with Gasteiger partial charge in [-0.2, -0.15) is 0 Å². The number of nitrogens with zero attached hydrogens (tertiary/aromatic N) is 3. The molecule has 45 heavy (non-hydrogen) atoms. The van der Waals surface area contributed by atoms with Crippen LogP contribution in [0.25, 0.3) is 0 Å². The van der Waals surface area contributed by atoms with Gasteiger partial charge in [0.15, 0.2) is 11.5 Å². The van der Waals surface area contributed by atoms with Gasteiger partial charge in [0.05, 0.1) is 50.1 Å². The van der Waals surface area contributed by atoms with Gasteiger partial charge in [0, 0.05) is 31.7 Å². The van der Waals surface area contributed by atoms with Gasteiger partial charge in [-0.3, -0.25) is 14.5 Å². The highest BCUT2D eigenvalue weighted by molar-refractivity contribution is 6.42. The van der Waals surface area contributed by atoms with Crippen molar-refractivity contribution in [3.05, 3.63) is 51.5 Å². The van der Waals surface area contributed by atoms with Crippen LogP contribution in [0.15, 0.2) is 30.3 Å². The van der Waals surface area contributed by atoms with E-state index in [0.29, 0.717) is 52.4 Å². The van der Waals surface area contributed by atoms with Crippen molar-refractivity contribution in [3.63, 3.8) is 0 Å². The lowest BCUT2D eigenvalue weighted by atomic mass is 9.83. The molecule has 2 amide bonds. The molecular weight excluding hydrogens is 619 g/mol. The lowest BCUT2D eigenvalue weighted by molar-refractivity contribution is -0.135. The molecule has 3 aliphatic rings. The number of methoxy groups -OCH3 is 3. The molecule has 0 radical (unpaired) electrons. The molecule has 3 heterocycles. The second-order valence-corrected chi connectivity index (χ2v) is 12.8. The van der Waals surface area contributed by atoms with Crippen molar-refractivity contribution in [2.24, 2.45) is 5.73 Å². The molecule has 3 aliphatic heterocycles. The van der Waals surface area contributed by atoms with Crippen LogP contribution in [0.2, 0.25) is 10.0 Å². The summed E-state index contributed by atoms with van der Waals surface area (Å²) < 4.78 is 22.9. The molecule has 0 spiro atoms. The first-order valence-electron chi connectivity index (χ1n) is 15.7. The number of carbonyl (C=O) groups excluding carboxylic acids is 2. The summed E-state index contributed by atoms with van der Waals surface area (Å²) in [5.74, 6) is 0.819. The third-order valence-corrected chi connectivity index (χ3v) is 10.4. The number of amides is 2. The topological polar surface area (TPSA) is 107 Å². The number of hydrogen-bond acceptors (Lipinski definition) is 8. The number of benzene rings is 2. The van der Waals surface area contributed by atoms with Crippen LogP contribution in [0, 0.1) is 0 Å². The number of piperidine rings is 2. The van der Waals surface area contributed by atoms with Crippen LogP contribution in [0.5, 0.6) is 17.2 Å². The molecule has 2 atom stereocenters. The van der Waals surface area contributed by atoms with Gasteiger partial charge in [-0.05, 0) is 75.0 Å². The summed E-state index contributed by atoms with van der Waals surface area (Å²) in [4.78, 5) is 33.5. The second kappa shape index (κ2) is 14.8. The minimum Gasteiger partial charge on any atom is -0.493 e. The Labute approximate surface area is 275 Å². The summed E-state index contributed by atoms with van der Waals surface area (Å²) in [5, 5.41) is 0.853. The van der Waals surface area contributed by atoms with Crippen LogP contribution in [0.1, 0.15) is 60.5 Å². The van der Waals surface area contributed by atoms with E-state index in [4.69, 9.17) is 47.9 Å². The summed E-state index contributed by atoms with van der Waals surface area (Å²) in [6.07, 6.45) is 5.24. The number of rotatable bonds is 10. The van der Waals surface area contributed by atoms with Crippen molar-refractivity contribution in [1.82, 2.24) is 14.7 Å². The Balaban J connectivity index is 1.36. The quantitative estimate of drug-likeness (QED) is 0.387. The Morgan fingerprint density at radius 1 is 0.911 bits per heavy atom. The lowest BCUT2D eigenvalue weighted by Crippen LogP contribution is -2.63. The maximum Gasteiger partial charge on any atom is 0.254 e. The summed E-state index contributed by atoms with van der Waals surface area (Å²) in [5.41, 5.74) is 6.70. The third kappa shape index (κ3) is 7.00. The van der Waals surface area contributed by atoms with Crippen molar-refractivity contribution in [3.8, 4) is 17.2 Å². The number of ether oxygens (including phenoxy) is 4. The highest BCUT2D eigenvalue weighted by Crippen LogP contribution is 2.41. The first-order valence-corrected chi connectivity index (χ1v) is 16.4. The summed E-state index contributed by atoms with van der Waals surface area (Å²) in [6, 6.07) is 8.38. The standard InChI is InChI=1S/C33H44Cl2N4O6/c1-42-27-20-23(21-28(43-2)30(27)44-3)31(40)39-17-18-45-26(29(39)22-7-8-24(34)25(35)19-22)9-14-37-15-10-33(11-16-37,32(36)41)38-12-5-4-6-13-38/h7-8,19-21,26,29H,4-6,9-18H2,1-3H3,(H2,36,41)/t26-,29?/m1/s1. The Hall–Kier alpha value is -2.76. The Bertz CT molecular complexity index is 1340. The van der Waals surface area contributed by atoms with Gasteiger partial charge in [0.2, 0.25) is 11.7 Å². The lowest BCUT2D eigenvalue weighted by Gasteiger charge is -2.48. The van der Waals surface area contributed by atoms with E-state index in [9.17, 15) is 9.59 Å². The number of halogens is 2. The SMILES string of the molecule is COc1cc(C(=O)N2CCO[C@H](CCN3CCC(C(N)=O)(N4CCCCC4)CC3)C2c2ccc(Cl)c(Cl)c2)cc(OC)c1OC. The van der Waals surface area contributed by atoms with Crippen molar-refractivity contribution < 1.29 is 28.5 Å². The fourth-order valence-electron chi connectivity index (χ4n) is 7.16. The molecule has 2 aromatic rings. The molecule has 2 aromatic carbocycles. The van der Waals surface area contributed by atoms with Gasteiger partial charge in [-0.15, -0.1) is 0 Å². The molecule has 2 N–H and O–H groups in total. The zero-order valence-electron chi connectivity index (χ0n) is 26.4. The van der Waals surface area contributed by atoms with Crippen molar-refractivity contribution in [1.29, 1.82) is 0 Å². The van der Waals surface area contributed by atoms with E-state index in [2.05, 4.69) is 9.80 Å². The smallest absolute Gasteiger partial charge is 0.254 e. The number of hydrogen-bond donors (Lipinski definition) is 1. The molecule has 3 fully saturated rings. The molecular formula is C33H44Cl2N4O6. The Morgan fingerprint density at radius 3 is 2.16 bits per heavy atom. The van der Waals surface area contributed by atoms with Crippen LogP contribution >= 0.6 is 23.2 Å². The third-order valence-electron chi connectivity index (χ3n) is 9.64. The van der Waals surface area contributed by atoms with E-state index in [1.54, 1.807) is 18.2 Å². The van der Waals surface area contributed by atoms with Crippen LogP contribution in [0.4, 0.5) is 0 Å². The normalized spacial score (nSPS) is 22.6. The average molecular weight is 664 g/mol. The molecule has 0 aromatic heterocycles. The van der Waals surface area contributed by atoms with Gasteiger partial charge in [-0.25, -0.2) is 0 Å². The molecule has 0 saturated carbocycles. The predicted molar refractivity (Wildman–Crippen MR) is 174 cm³/mol. The molecule has 3 saturated heterocycles. The number of likely N-dealkylation sites (tertiary alicyclic amines) is 2. The van der Waals surface area contributed by atoms with Crippen LogP contribution in [-0.2, 0) is 9.53 Å². The maximum absolute atomic E-state index is 14.2. The van der Waals surface area contributed by atoms with E-state index < -0.39 is 11.6 Å². The van der Waals surface area contributed by atoms with Gasteiger partial charge < -0.3 is 34.5 Å². The molecule has 10 nitrogen and oxygen atoms in total. The van der Waals surface area contributed by atoms with Crippen LogP contribution < -0.4 is 19.9 Å². The summed E-state index contributed by atoms with van der Waals surface area (Å²) in [7, 11) is 4.57. The zero-order chi connectivity index (χ0) is 32.1. The van der Waals surface area contributed by atoms with Crippen LogP contribution in [-0.4, -0.2) is 105 Å². The Kier molecular flexibility index (Phi) is 11.0. The molecule has 246 valence electrons. The number of morpholine rings is 1. The van der Waals surface area contributed by atoms with Crippen molar-refractivity contribution in [2.45, 2.75) is 56.2 Å². The zero-order valence-corrected chi connectivity index (χ0v) is 27.9. The largest absolute Gasteiger partial charge is 0.493 e. The summed E-state index contributed by atoms with van der Waals surface area (Å²) >= 11 is 12.8. The molecule has 1 unspecified atom stereocenters. The number of carbonyl (C=O) groups is 2. The fraction of sp³-hybridized carbons (Fsp3) is 0.576. The summed E-state index contributed by atoms with van der Waals surface area (Å²) in [6.45, 7) is 4.94. The minimum absolute atomic E-state index is 0.190. The number of nitrogens with two attached hydrogens (primary N) is 1. The van der Waals surface area contributed by atoms with E-state index in [1.165, 1.54) is 27.8 Å². The predicted octanol–water partition coefficient (Wildman–Crippen LogP) is 4.80. The minimum atomic E-state index is -0.565. The van der Waals surface area contributed by atoms with Gasteiger partial charge >= 0.3 is 0 Å². The van der Waals surface area contributed by atoms with Crippen molar-refractivity contribution >= 4 is 35.0 Å². The van der Waals surface area contributed by atoms with Gasteiger partial charge in [0.25, 0.3) is 5.91 Å². The molecule has 12 heteroatoms. The number of primary amides is 1. The second-order valence-electron chi connectivity index (χ2n) is 12.0. The molecule has 5 rings (SSSR count). The van der Waals surface area contributed by atoms with E-state index in [-0.39, 0.29) is 17.9 Å². The van der Waals surface area contributed by atoms with Gasteiger partial charge in [-0.1, -0.05) is 35.7 Å². The van der Waals surface area contributed by atoms with Crippen LogP contribution in [0.3, 0.4) is 0 Å². The monoisotopic (exact) mass is 662 g/mol. The van der Waals surface area contributed by atoms with E-state index >= 15 is 0 Å². The first kappa shape index (κ1) is 33.6. The fourth-order valence-corrected chi connectivity index (χ4v) is 7.47. The molecule has 0 aliphatic carbocycles. The average Bonchev–Trinajstić information content (AvgIpc) is 3.07. The van der Waals surface area contributed by atoms with Crippen molar-refractivity contribution in [2.75, 3.05) is 67.2 Å². The van der Waals surface area contributed by atoms with E-state index in [1.807, 2.05) is 17.0 Å².